The van der Waals surface area contributed by atoms with E-state index in [-0.39, 0.29) is 5.56 Å². The Kier molecular flexibility index (Phi) is 3.95. The third kappa shape index (κ3) is 2.55. The molecular weight excluding hydrogens is 296 g/mol. The molecule has 24 heavy (non-hydrogen) atoms. The predicted molar refractivity (Wildman–Crippen MR) is 99.1 cm³/mol. The third-order valence-electron chi connectivity index (χ3n) is 5.06. The number of nitrogens with zero attached hydrogens (tertiary/aromatic N) is 2. The van der Waals surface area contributed by atoms with Crippen molar-refractivity contribution in [1.29, 1.82) is 0 Å². The standard InChI is InChI=1S/C21H22N2O/c1-22-19(15-23-13-7-8-14-23)20(16-9-3-2-4-10-16)17-11-5-6-12-18(17)21(22)24/h2-6,9-12H,7-8,13-15H2,1H3. The highest BCUT2D eigenvalue weighted by Gasteiger charge is 2.20. The molecule has 0 bridgehead atoms. The lowest BCUT2D eigenvalue weighted by molar-refractivity contribution is 0.322. The van der Waals surface area contributed by atoms with Gasteiger partial charge < -0.3 is 4.57 Å². The van der Waals surface area contributed by atoms with Gasteiger partial charge in [-0.05, 0) is 42.9 Å². The second kappa shape index (κ2) is 6.25. The molecule has 0 atom stereocenters. The highest BCUT2D eigenvalue weighted by molar-refractivity contribution is 5.97. The Morgan fingerprint density at radius 3 is 2.21 bits per heavy atom. The quantitative estimate of drug-likeness (QED) is 0.734. The van der Waals surface area contributed by atoms with Gasteiger partial charge in [-0.15, -0.1) is 0 Å². The van der Waals surface area contributed by atoms with Gasteiger partial charge in [-0.1, -0.05) is 48.5 Å². The fourth-order valence-corrected chi connectivity index (χ4v) is 3.78. The molecule has 0 spiro atoms. The van der Waals surface area contributed by atoms with Gasteiger partial charge >= 0.3 is 0 Å². The number of aromatic nitrogens is 1. The van der Waals surface area contributed by atoms with Crippen LogP contribution in [-0.2, 0) is 13.6 Å². The van der Waals surface area contributed by atoms with Crippen molar-refractivity contribution in [3.63, 3.8) is 0 Å². The molecule has 122 valence electrons. The SMILES string of the molecule is Cn1c(CN2CCCC2)c(-c2ccccc2)c2ccccc2c1=O. The van der Waals surface area contributed by atoms with Gasteiger partial charge in [-0.3, -0.25) is 9.69 Å². The smallest absolute Gasteiger partial charge is 0.258 e. The molecule has 0 aliphatic carbocycles. The van der Waals surface area contributed by atoms with Crippen LogP contribution in [0.1, 0.15) is 18.5 Å². The molecule has 2 aromatic carbocycles. The largest absolute Gasteiger partial charge is 0.313 e. The highest BCUT2D eigenvalue weighted by Crippen LogP contribution is 2.31. The zero-order valence-electron chi connectivity index (χ0n) is 14.0. The van der Waals surface area contributed by atoms with E-state index in [0.717, 1.165) is 36.1 Å². The predicted octanol–water partition coefficient (Wildman–Crippen LogP) is 3.80. The Bertz CT molecular complexity index is 922. The summed E-state index contributed by atoms with van der Waals surface area (Å²) in [6, 6.07) is 18.4. The van der Waals surface area contributed by atoms with Gasteiger partial charge in [0.05, 0.1) is 0 Å². The summed E-state index contributed by atoms with van der Waals surface area (Å²) in [7, 11) is 1.91. The van der Waals surface area contributed by atoms with E-state index in [4.69, 9.17) is 0 Å². The second-order valence-corrected chi connectivity index (χ2v) is 6.58. The fraction of sp³-hybridized carbons (Fsp3) is 0.286. The van der Waals surface area contributed by atoms with E-state index in [2.05, 4.69) is 35.2 Å². The van der Waals surface area contributed by atoms with Crippen molar-refractivity contribution in [2.24, 2.45) is 7.05 Å². The molecule has 1 fully saturated rings. The Morgan fingerprint density at radius 2 is 1.50 bits per heavy atom. The van der Waals surface area contributed by atoms with Crippen LogP contribution in [0.25, 0.3) is 21.9 Å². The van der Waals surface area contributed by atoms with Crippen molar-refractivity contribution in [1.82, 2.24) is 9.47 Å². The van der Waals surface area contributed by atoms with Crippen LogP contribution >= 0.6 is 0 Å². The first kappa shape index (κ1) is 15.2. The molecule has 0 amide bonds. The Morgan fingerprint density at radius 1 is 0.875 bits per heavy atom. The number of hydrogen-bond acceptors (Lipinski definition) is 2. The molecule has 1 saturated heterocycles. The molecule has 3 aromatic rings. The van der Waals surface area contributed by atoms with Crippen molar-refractivity contribution < 1.29 is 0 Å². The Labute approximate surface area is 142 Å². The summed E-state index contributed by atoms with van der Waals surface area (Å²) in [4.78, 5) is 15.3. The van der Waals surface area contributed by atoms with Gasteiger partial charge in [0.2, 0.25) is 0 Å². The first-order valence-electron chi connectivity index (χ1n) is 8.64. The molecule has 0 unspecified atom stereocenters. The van der Waals surface area contributed by atoms with Gasteiger partial charge in [0.15, 0.2) is 0 Å². The number of likely N-dealkylation sites (tertiary alicyclic amines) is 1. The highest BCUT2D eigenvalue weighted by atomic mass is 16.1. The molecule has 3 nitrogen and oxygen atoms in total. The molecule has 3 heteroatoms. The van der Waals surface area contributed by atoms with Gasteiger partial charge in [0.25, 0.3) is 5.56 Å². The summed E-state index contributed by atoms with van der Waals surface area (Å²) >= 11 is 0. The molecule has 2 heterocycles. The van der Waals surface area contributed by atoms with Crippen molar-refractivity contribution >= 4 is 10.8 Å². The normalized spacial score (nSPS) is 15.2. The minimum absolute atomic E-state index is 0.0967. The second-order valence-electron chi connectivity index (χ2n) is 6.58. The van der Waals surface area contributed by atoms with E-state index >= 15 is 0 Å². The average Bonchev–Trinajstić information content (AvgIpc) is 3.14. The number of hydrogen-bond donors (Lipinski definition) is 0. The lowest BCUT2D eigenvalue weighted by atomic mass is 9.96. The summed E-state index contributed by atoms with van der Waals surface area (Å²) in [5, 5.41) is 1.85. The maximum atomic E-state index is 12.9. The first-order valence-corrected chi connectivity index (χ1v) is 8.64. The topological polar surface area (TPSA) is 25.2 Å². The maximum absolute atomic E-state index is 12.9. The van der Waals surface area contributed by atoms with E-state index in [1.165, 1.54) is 24.0 Å². The van der Waals surface area contributed by atoms with Gasteiger partial charge in [-0.25, -0.2) is 0 Å². The molecule has 4 rings (SSSR count). The molecule has 0 N–H and O–H groups in total. The Balaban J connectivity index is 2.01. The Hall–Kier alpha value is -2.39. The summed E-state index contributed by atoms with van der Waals surface area (Å²) in [5.41, 5.74) is 3.59. The molecule has 1 aliphatic heterocycles. The van der Waals surface area contributed by atoms with Gasteiger partial charge in [0.1, 0.15) is 0 Å². The molecule has 1 aromatic heterocycles. The van der Waals surface area contributed by atoms with Crippen LogP contribution in [0.3, 0.4) is 0 Å². The molecule has 0 saturated carbocycles. The number of fused-ring (bicyclic) bond motifs is 1. The van der Waals surface area contributed by atoms with Crippen LogP contribution in [0.2, 0.25) is 0 Å². The van der Waals surface area contributed by atoms with Crippen molar-refractivity contribution in [2.75, 3.05) is 13.1 Å². The maximum Gasteiger partial charge on any atom is 0.258 e. The first-order chi connectivity index (χ1) is 11.8. The van der Waals surface area contributed by atoms with Gasteiger partial charge in [0, 0.05) is 30.2 Å². The summed E-state index contributed by atoms with van der Waals surface area (Å²) in [5.74, 6) is 0. The van der Waals surface area contributed by atoms with Crippen molar-refractivity contribution in [2.45, 2.75) is 19.4 Å². The van der Waals surface area contributed by atoms with Crippen LogP contribution in [0.5, 0.6) is 0 Å². The molecular formula is C21H22N2O. The van der Waals surface area contributed by atoms with Crippen LogP contribution in [0.15, 0.2) is 59.4 Å². The minimum Gasteiger partial charge on any atom is -0.313 e. The van der Waals surface area contributed by atoms with Crippen LogP contribution in [0, 0.1) is 0 Å². The summed E-state index contributed by atoms with van der Waals surface area (Å²) < 4.78 is 1.85. The van der Waals surface area contributed by atoms with Crippen molar-refractivity contribution in [3.05, 3.63) is 70.6 Å². The molecule has 1 aliphatic rings. The van der Waals surface area contributed by atoms with E-state index in [9.17, 15) is 4.79 Å². The lowest BCUT2D eigenvalue weighted by Gasteiger charge is -2.22. The molecule has 0 radical (unpaired) electrons. The van der Waals surface area contributed by atoms with Crippen molar-refractivity contribution in [3.8, 4) is 11.1 Å². The summed E-state index contributed by atoms with van der Waals surface area (Å²) in [6.45, 7) is 3.07. The minimum atomic E-state index is 0.0967. The zero-order chi connectivity index (χ0) is 16.5. The average molecular weight is 318 g/mol. The van der Waals surface area contributed by atoms with E-state index in [1.807, 2.05) is 35.9 Å². The summed E-state index contributed by atoms with van der Waals surface area (Å²) in [6.07, 6.45) is 2.50. The van der Waals surface area contributed by atoms with Crippen LogP contribution in [-0.4, -0.2) is 22.6 Å². The van der Waals surface area contributed by atoms with E-state index < -0.39 is 0 Å². The van der Waals surface area contributed by atoms with Gasteiger partial charge in [-0.2, -0.15) is 0 Å². The zero-order valence-corrected chi connectivity index (χ0v) is 14.0. The van der Waals surface area contributed by atoms with E-state index in [0.29, 0.717) is 0 Å². The lowest BCUT2D eigenvalue weighted by Crippen LogP contribution is -2.27. The monoisotopic (exact) mass is 318 g/mol. The van der Waals surface area contributed by atoms with Crippen LogP contribution < -0.4 is 5.56 Å². The third-order valence-corrected chi connectivity index (χ3v) is 5.06. The number of pyridine rings is 1. The van der Waals surface area contributed by atoms with Crippen LogP contribution in [0.4, 0.5) is 0 Å². The number of benzene rings is 2. The van der Waals surface area contributed by atoms with E-state index in [1.54, 1.807) is 0 Å². The number of rotatable bonds is 3. The fourth-order valence-electron chi connectivity index (χ4n) is 3.78.